The number of nitrogens with one attached hydrogen (secondary N) is 1. The Labute approximate surface area is 150 Å². The fraction of sp³-hybridized carbons (Fsp3) is 0.579. The molecule has 1 amide bonds. The van der Waals surface area contributed by atoms with E-state index in [1.807, 2.05) is 13.8 Å². The van der Waals surface area contributed by atoms with Gasteiger partial charge in [-0.25, -0.2) is 5.43 Å². The Morgan fingerprint density at radius 3 is 2.56 bits per heavy atom. The van der Waals surface area contributed by atoms with E-state index in [9.17, 15) is 9.90 Å². The third kappa shape index (κ3) is 10.4. The van der Waals surface area contributed by atoms with Crippen LogP contribution in [0.15, 0.2) is 29.4 Å². The molecule has 0 spiro atoms. The maximum atomic E-state index is 11.7. The van der Waals surface area contributed by atoms with Gasteiger partial charge >= 0.3 is 0 Å². The molecular weight excluding hydrogens is 320 g/mol. The lowest BCUT2D eigenvalue weighted by Crippen LogP contribution is -2.24. The molecule has 0 fully saturated rings. The van der Waals surface area contributed by atoms with Crippen LogP contribution in [0.4, 0.5) is 0 Å². The zero-order valence-electron chi connectivity index (χ0n) is 15.6. The van der Waals surface area contributed by atoms with Gasteiger partial charge in [0.05, 0.1) is 12.7 Å². The Kier molecular flexibility index (Phi) is 8.99. The van der Waals surface area contributed by atoms with Crippen molar-refractivity contribution >= 4 is 12.1 Å². The van der Waals surface area contributed by atoms with Crippen molar-refractivity contribution < 1.29 is 19.4 Å². The SMILES string of the molecule is COc1ccc(OCC(=O)NN=CCC(C)CCCC(C)(C)O)cc1. The molecule has 0 aliphatic rings. The normalized spacial score (nSPS) is 12.8. The molecule has 1 unspecified atom stereocenters. The van der Waals surface area contributed by atoms with Crippen molar-refractivity contribution in [3.8, 4) is 11.5 Å². The summed E-state index contributed by atoms with van der Waals surface area (Å²) in [5.41, 5.74) is 1.85. The monoisotopic (exact) mass is 350 g/mol. The molecule has 140 valence electrons. The summed E-state index contributed by atoms with van der Waals surface area (Å²) < 4.78 is 10.4. The molecule has 25 heavy (non-hydrogen) atoms. The number of nitrogens with zero attached hydrogens (tertiary/aromatic N) is 1. The number of ether oxygens (including phenoxy) is 2. The zero-order chi connectivity index (χ0) is 18.7. The number of benzene rings is 1. The van der Waals surface area contributed by atoms with Gasteiger partial charge < -0.3 is 14.6 Å². The molecule has 0 heterocycles. The van der Waals surface area contributed by atoms with E-state index in [1.165, 1.54) is 0 Å². The third-order valence-electron chi connectivity index (χ3n) is 3.70. The van der Waals surface area contributed by atoms with Gasteiger partial charge in [-0.05, 0) is 56.9 Å². The van der Waals surface area contributed by atoms with Gasteiger partial charge in [0.1, 0.15) is 11.5 Å². The number of methoxy groups -OCH3 is 1. The van der Waals surface area contributed by atoms with Crippen LogP contribution in [0.1, 0.15) is 46.5 Å². The molecule has 2 N–H and O–H groups in total. The van der Waals surface area contributed by atoms with Gasteiger partial charge in [-0.1, -0.05) is 19.8 Å². The summed E-state index contributed by atoms with van der Waals surface area (Å²) in [7, 11) is 1.59. The summed E-state index contributed by atoms with van der Waals surface area (Å²) in [5, 5.41) is 13.6. The Morgan fingerprint density at radius 1 is 1.32 bits per heavy atom. The first-order chi connectivity index (χ1) is 11.8. The lowest BCUT2D eigenvalue weighted by molar-refractivity contribution is -0.123. The molecule has 0 bridgehead atoms. The van der Waals surface area contributed by atoms with Crippen LogP contribution in [-0.4, -0.2) is 36.5 Å². The summed E-state index contributed by atoms with van der Waals surface area (Å²) in [6, 6.07) is 7.02. The Balaban J connectivity index is 2.16. The number of hydrogen-bond donors (Lipinski definition) is 2. The molecule has 0 aromatic heterocycles. The highest BCUT2D eigenvalue weighted by Crippen LogP contribution is 2.17. The van der Waals surface area contributed by atoms with E-state index in [0.717, 1.165) is 31.4 Å². The molecule has 1 aromatic carbocycles. The molecule has 0 saturated carbocycles. The number of carbonyl (C=O) groups is 1. The molecule has 1 atom stereocenters. The van der Waals surface area contributed by atoms with Crippen molar-refractivity contribution in [1.82, 2.24) is 5.43 Å². The predicted molar refractivity (Wildman–Crippen MR) is 99.1 cm³/mol. The van der Waals surface area contributed by atoms with Gasteiger partial charge in [-0.15, -0.1) is 0 Å². The molecular formula is C19H30N2O4. The molecule has 0 aliphatic heterocycles. The second-order valence-corrected chi connectivity index (χ2v) is 6.86. The Morgan fingerprint density at radius 2 is 1.96 bits per heavy atom. The molecule has 0 aliphatic carbocycles. The third-order valence-corrected chi connectivity index (χ3v) is 3.70. The van der Waals surface area contributed by atoms with Crippen molar-refractivity contribution in [2.45, 2.75) is 52.1 Å². The van der Waals surface area contributed by atoms with E-state index in [2.05, 4.69) is 17.5 Å². The Bertz CT molecular complexity index is 535. The van der Waals surface area contributed by atoms with Crippen LogP contribution in [0.5, 0.6) is 11.5 Å². The molecule has 0 saturated heterocycles. The standard InChI is InChI=1S/C19H30N2O4/c1-15(6-5-12-19(2,3)23)11-13-20-21-18(22)14-25-17-9-7-16(24-4)8-10-17/h7-10,13,15,23H,5-6,11-12,14H2,1-4H3,(H,21,22). The second-order valence-electron chi connectivity index (χ2n) is 6.86. The minimum atomic E-state index is -0.605. The average Bonchev–Trinajstić information content (AvgIpc) is 2.56. The number of rotatable bonds is 11. The van der Waals surface area contributed by atoms with Crippen molar-refractivity contribution in [2.75, 3.05) is 13.7 Å². The van der Waals surface area contributed by atoms with Crippen LogP contribution in [0.2, 0.25) is 0 Å². The topological polar surface area (TPSA) is 80.2 Å². The summed E-state index contributed by atoms with van der Waals surface area (Å²) in [5.74, 6) is 1.48. The van der Waals surface area contributed by atoms with Gasteiger partial charge in [-0.3, -0.25) is 4.79 Å². The van der Waals surface area contributed by atoms with Gasteiger partial charge in [0, 0.05) is 6.21 Å². The minimum Gasteiger partial charge on any atom is -0.497 e. The summed E-state index contributed by atoms with van der Waals surface area (Å²) >= 11 is 0. The first-order valence-corrected chi connectivity index (χ1v) is 8.60. The quantitative estimate of drug-likeness (QED) is 0.475. The lowest BCUT2D eigenvalue weighted by atomic mass is 9.95. The van der Waals surface area contributed by atoms with Crippen LogP contribution in [-0.2, 0) is 4.79 Å². The lowest BCUT2D eigenvalue weighted by Gasteiger charge is -2.17. The second kappa shape index (κ2) is 10.7. The Hall–Kier alpha value is -2.08. The van der Waals surface area contributed by atoms with E-state index in [1.54, 1.807) is 37.6 Å². The first-order valence-electron chi connectivity index (χ1n) is 8.60. The van der Waals surface area contributed by atoms with Crippen LogP contribution in [0.25, 0.3) is 0 Å². The molecule has 0 radical (unpaired) electrons. The largest absolute Gasteiger partial charge is 0.497 e. The van der Waals surface area contributed by atoms with Crippen molar-refractivity contribution in [2.24, 2.45) is 11.0 Å². The van der Waals surface area contributed by atoms with Crippen LogP contribution >= 0.6 is 0 Å². The zero-order valence-corrected chi connectivity index (χ0v) is 15.6. The van der Waals surface area contributed by atoms with Crippen LogP contribution < -0.4 is 14.9 Å². The van der Waals surface area contributed by atoms with Crippen molar-refractivity contribution in [3.05, 3.63) is 24.3 Å². The molecule has 6 nitrogen and oxygen atoms in total. The average molecular weight is 350 g/mol. The number of amides is 1. The predicted octanol–water partition coefficient (Wildman–Crippen LogP) is 3.14. The number of carbonyl (C=O) groups excluding carboxylic acids is 1. The van der Waals surface area contributed by atoms with Crippen molar-refractivity contribution in [1.29, 1.82) is 0 Å². The number of aliphatic hydroxyl groups is 1. The van der Waals surface area contributed by atoms with E-state index in [4.69, 9.17) is 9.47 Å². The van der Waals surface area contributed by atoms with E-state index >= 15 is 0 Å². The fourth-order valence-electron chi connectivity index (χ4n) is 2.20. The van der Waals surface area contributed by atoms with Gasteiger partial charge in [0.2, 0.25) is 0 Å². The van der Waals surface area contributed by atoms with Crippen LogP contribution in [0, 0.1) is 5.92 Å². The van der Waals surface area contributed by atoms with Crippen LogP contribution in [0.3, 0.4) is 0 Å². The summed E-state index contributed by atoms with van der Waals surface area (Å²) in [6.45, 7) is 5.68. The number of hydrogen-bond acceptors (Lipinski definition) is 5. The first kappa shape index (κ1) is 21.0. The molecule has 1 rings (SSSR count). The number of hydrazone groups is 1. The molecule has 1 aromatic rings. The smallest absolute Gasteiger partial charge is 0.277 e. The summed E-state index contributed by atoms with van der Waals surface area (Å²) in [4.78, 5) is 11.7. The highest BCUT2D eigenvalue weighted by Gasteiger charge is 2.12. The maximum absolute atomic E-state index is 11.7. The van der Waals surface area contributed by atoms with Crippen molar-refractivity contribution in [3.63, 3.8) is 0 Å². The minimum absolute atomic E-state index is 0.0925. The summed E-state index contributed by atoms with van der Waals surface area (Å²) in [6.07, 6.45) is 5.27. The highest BCUT2D eigenvalue weighted by molar-refractivity contribution is 5.78. The van der Waals surface area contributed by atoms with Gasteiger partial charge in [-0.2, -0.15) is 5.10 Å². The van der Waals surface area contributed by atoms with E-state index < -0.39 is 5.60 Å². The van der Waals surface area contributed by atoms with Gasteiger partial charge in [0.25, 0.3) is 5.91 Å². The fourth-order valence-corrected chi connectivity index (χ4v) is 2.20. The van der Waals surface area contributed by atoms with Gasteiger partial charge in [0.15, 0.2) is 6.61 Å². The molecule has 6 heteroatoms. The highest BCUT2D eigenvalue weighted by atomic mass is 16.5. The van der Waals surface area contributed by atoms with E-state index in [0.29, 0.717) is 11.7 Å². The maximum Gasteiger partial charge on any atom is 0.277 e. The van der Waals surface area contributed by atoms with E-state index in [-0.39, 0.29) is 12.5 Å².